The fourth-order valence-electron chi connectivity index (χ4n) is 3.02. The minimum atomic E-state index is 0.774. The third kappa shape index (κ3) is 4.05. The van der Waals surface area contributed by atoms with Crippen LogP contribution in [0.2, 0.25) is 0 Å². The third-order valence-corrected chi connectivity index (χ3v) is 4.47. The van der Waals surface area contributed by atoms with E-state index in [9.17, 15) is 0 Å². The topological polar surface area (TPSA) is 32.5 Å². The average molecular weight is 275 g/mol. The molecule has 1 aromatic rings. The van der Waals surface area contributed by atoms with Gasteiger partial charge >= 0.3 is 0 Å². The van der Waals surface area contributed by atoms with Gasteiger partial charge in [0.2, 0.25) is 0 Å². The first-order valence-corrected chi connectivity index (χ1v) is 7.81. The van der Waals surface area contributed by atoms with Gasteiger partial charge in [-0.15, -0.1) is 0 Å². The lowest BCUT2D eigenvalue weighted by Gasteiger charge is -2.22. The summed E-state index contributed by atoms with van der Waals surface area (Å²) >= 11 is 0. The second-order valence-electron chi connectivity index (χ2n) is 6.12. The number of benzene rings is 1. The Morgan fingerprint density at radius 2 is 1.55 bits per heavy atom. The van der Waals surface area contributed by atoms with Gasteiger partial charge in [-0.1, -0.05) is 12.1 Å². The summed E-state index contributed by atoms with van der Waals surface area (Å²) in [6.45, 7) is 14.3. The lowest BCUT2D eigenvalue weighted by atomic mass is 10.0. The first-order valence-electron chi connectivity index (χ1n) is 7.81. The van der Waals surface area contributed by atoms with Gasteiger partial charge in [0, 0.05) is 32.7 Å². The minimum absolute atomic E-state index is 0.774. The van der Waals surface area contributed by atoms with E-state index in [1.165, 1.54) is 41.8 Å². The van der Waals surface area contributed by atoms with Gasteiger partial charge in [-0.05, 0) is 62.5 Å². The number of rotatable bonds is 4. The van der Waals surface area contributed by atoms with E-state index in [4.69, 9.17) is 5.73 Å². The minimum Gasteiger partial charge on any atom is -0.329 e. The highest BCUT2D eigenvalue weighted by atomic mass is 15.2. The largest absolute Gasteiger partial charge is 0.329 e. The molecule has 1 heterocycles. The molecule has 2 rings (SSSR count). The molecule has 0 radical (unpaired) electrons. The summed E-state index contributed by atoms with van der Waals surface area (Å²) in [5.41, 5.74) is 11.4. The van der Waals surface area contributed by atoms with E-state index >= 15 is 0 Å². The third-order valence-electron chi connectivity index (χ3n) is 4.47. The smallest absolute Gasteiger partial charge is 0.0237 e. The van der Waals surface area contributed by atoms with Crippen LogP contribution in [0.3, 0.4) is 0 Å². The summed E-state index contributed by atoms with van der Waals surface area (Å²) in [6, 6.07) is 4.69. The Kier molecular flexibility index (Phi) is 5.58. The van der Waals surface area contributed by atoms with Crippen molar-refractivity contribution in [3.05, 3.63) is 34.4 Å². The molecule has 0 spiro atoms. The number of hydrogen-bond donors (Lipinski definition) is 1. The van der Waals surface area contributed by atoms with Gasteiger partial charge in [0.1, 0.15) is 0 Å². The van der Waals surface area contributed by atoms with Crippen molar-refractivity contribution in [1.29, 1.82) is 0 Å². The Bertz CT molecular complexity index is 442. The molecule has 3 nitrogen and oxygen atoms in total. The van der Waals surface area contributed by atoms with Crippen molar-refractivity contribution in [1.82, 2.24) is 9.80 Å². The summed E-state index contributed by atoms with van der Waals surface area (Å²) in [5, 5.41) is 0. The van der Waals surface area contributed by atoms with Crippen molar-refractivity contribution in [2.75, 3.05) is 39.3 Å². The van der Waals surface area contributed by atoms with Crippen molar-refractivity contribution in [3.63, 3.8) is 0 Å². The monoisotopic (exact) mass is 275 g/mol. The molecule has 1 aliphatic heterocycles. The van der Waals surface area contributed by atoms with Crippen molar-refractivity contribution in [2.24, 2.45) is 5.73 Å². The highest BCUT2D eigenvalue weighted by Crippen LogP contribution is 2.18. The summed E-state index contributed by atoms with van der Waals surface area (Å²) in [5.74, 6) is 0. The Labute approximate surface area is 123 Å². The highest BCUT2D eigenvalue weighted by Gasteiger charge is 2.15. The number of aryl methyl sites for hydroxylation is 3. The molecular formula is C17H29N3. The predicted molar refractivity (Wildman–Crippen MR) is 86.0 cm³/mol. The lowest BCUT2D eigenvalue weighted by Crippen LogP contribution is -2.33. The summed E-state index contributed by atoms with van der Waals surface area (Å²) in [7, 11) is 0. The zero-order valence-corrected chi connectivity index (χ0v) is 13.3. The summed E-state index contributed by atoms with van der Waals surface area (Å²) in [6.07, 6.45) is 1.25. The molecule has 3 heteroatoms. The van der Waals surface area contributed by atoms with E-state index in [0.717, 1.165) is 32.7 Å². The molecule has 0 saturated carbocycles. The first kappa shape index (κ1) is 15.5. The van der Waals surface area contributed by atoms with Crippen LogP contribution < -0.4 is 5.73 Å². The van der Waals surface area contributed by atoms with E-state index < -0.39 is 0 Å². The zero-order chi connectivity index (χ0) is 14.5. The average Bonchev–Trinajstić information content (AvgIpc) is 2.62. The first-order chi connectivity index (χ1) is 9.60. The van der Waals surface area contributed by atoms with Crippen LogP contribution in [0.1, 0.15) is 28.7 Å². The SMILES string of the molecule is Cc1cc(C)c(CN2CCCN(CCN)CC2)cc1C. The lowest BCUT2D eigenvalue weighted by molar-refractivity contribution is 0.254. The molecule has 112 valence electrons. The van der Waals surface area contributed by atoms with Gasteiger partial charge in [0.05, 0.1) is 0 Å². The fourth-order valence-corrected chi connectivity index (χ4v) is 3.02. The van der Waals surface area contributed by atoms with Crippen LogP contribution in [0.25, 0.3) is 0 Å². The van der Waals surface area contributed by atoms with Crippen molar-refractivity contribution in [3.8, 4) is 0 Å². The van der Waals surface area contributed by atoms with E-state index in [0.29, 0.717) is 0 Å². The van der Waals surface area contributed by atoms with Crippen molar-refractivity contribution in [2.45, 2.75) is 33.7 Å². The molecule has 0 aromatic heterocycles. The highest BCUT2D eigenvalue weighted by molar-refractivity contribution is 5.36. The number of hydrogen-bond acceptors (Lipinski definition) is 3. The number of nitrogens with two attached hydrogens (primary N) is 1. The molecule has 1 aromatic carbocycles. The van der Waals surface area contributed by atoms with E-state index in [1.807, 2.05) is 0 Å². The summed E-state index contributed by atoms with van der Waals surface area (Å²) < 4.78 is 0. The van der Waals surface area contributed by atoms with Crippen molar-refractivity contribution < 1.29 is 0 Å². The Balaban J connectivity index is 1.98. The zero-order valence-electron chi connectivity index (χ0n) is 13.3. The maximum absolute atomic E-state index is 5.66. The van der Waals surface area contributed by atoms with Gasteiger partial charge in [-0.25, -0.2) is 0 Å². The molecule has 0 unspecified atom stereocenters. The fraction of sp³-hybridized carbons (Fsp3) is 0.647. The van der Waals surface area contributed by atoms with Crippen LogP contribution in [0.15, 0.2) is 12.1 Å². The molecular weight excluding hydrogens is 246 g/mol. The van der Waals surface area contributed by atoms with Crippen LogP contribution in [0, 0.1) is 20.8 Å². The Morgan fingerprint density at radius 3 is 2.30 bits per heavy atom. The molecule has 0 aliphatic carbocycles. The molecule has 20 heavy (non-hydrogen) atoms. The van der Waals surface area contributed by atoms with Crippen LogP contribution in [-0.4, -0.2) is 49.1 Å². The van der Waals surface area contributed by atoms with Gasteiger partial charge in [0.15, 0.2) is 0 Å². The second-order valence-corrected chi connectivity index (χ2v) is 6.12. The predicted octanol–water partition coefficient (Wildman–Crippen LogP) is 2.08. The molecule has 1 aliphatic rings. The van der Waals surface area contributed by atoms with Crippen LogP contribution in [0.5, 0.6) is 0 Å². The molecule has 2 N–H and O–H groups in total. The maximum Gasteiger partial charge on any atom is 0.0237 e. The second kappa shape index (κ2) is 7.21. The quantitative estimate of drug-likeness (QED) is 0.913. The van der Waals surface area contributed by atoms with Gasteiger partial charge < -0.3 is 10.6 Å². The van der Waals surface area contributed by atoms with Gasteiger partial charge in [-0.3, -0.25) is 4.90 Å². The van der Waals surface area contributed by atoms with Gasteiger partial charge in [-0.2, -0.15) is 0 Å². The standard InChI is InChI=1S/C17H29N3/c1-14-11-16(3)17(12-15(14)2)13-20-7-4-6-19(8-5-18)9-10-20/h11-12H,4-10,13,18H2,1-3H3. The van der Waals surface area contributed by atoms with E-state index in [-0.39, 0.29) is 0 Å². The molecule has 1 saturated heterocycles. The Hall–Kier alpha value is -0.900. The van der Waals surface area contributed by atoms with Crippen molar-refractivity contribution >= 4 is 0 Å². The summed E-state index contributed by atoms with van der Waals surface area (Å²) in [4.78, 5) is 5.08. The molecule has 0 amide bonds. The normalized spacial score (nSPS) is 18.2. The molecule has 0 atom stereocenters. The van der Waals surface area contributed by atoms with Gasteiger partial charge in [0.25, 0.3) is 0 Å². The maximum atomic E-state index is 5.66. The Morgan fingerprint density at radius 1 is 0.900 bits per heavy atom. The number of nitrogens with zero attached hydrogens (tertiary/aromatic N) is 2. The molecule has 0 bridgehead atoms. The van der Waals surface area contributed by atoms with E-state index in [1.54, 1.807) is 0 Å². The van der Waals surface area contributed by atoms with Crippen LogP contribution in [-0.2, 0) is 6.54 Å². The van der Waals surface area contributed by atoms with E-state index in [2.05, 4.69) is 42.7 Å². The van der Waals surface area contributed by atoms with Crippen LogP contribution >= 0.6 is 0 Å². The van der Waals surface area contributed by atoms with Crippen LogP contribution in [0.4, 0.5) is 0 Å². The molecule has 1 fully saturated rings.